The summed E-state index contributed by atoms with van der Waals surface area (Å²) in [5.74, 6) is 0. The molecule has 0 amide bonds. The summed E-state index contributed by atoms with van der Waals surface area (Å²) in [7, 11) is 0. The number of rotatable bonds is 0. The van der Waals surface area contributed by atoms with Crippen molar-refractivity contribution in [2.24, 2.45) is 0 Å². The number of nitrogens with two attached hydrogens (primary N) is 1. The van der Waals surface area contributed by atoms with E-state index >= 15 is 0 Å². The van der Waals surface area contributed by atoms with E-state index in [1.54, 1.807) is 12.5 Å². The maximum Gasteiger partial charge on any atom is 0.157 e. The number of fused-ring (bicyclic) bond motifs is 2. The molecule has 14 heavy (non-hydrogen) atoms. The van der Waals surface area contributed by atoms with Gasteiger partial charge in [-0.05, 0) is 19.1 Å². The molecule has 3 heteroatoms. The highest BCUT2D eigenvalue weighted by Gasteiger charge is 2.13. The SMILES string of the molecule is Cc1c2ccoc2c(N)c2ccoc12. The molecule has 0 radical (unpaired) electrons. The van der Waals surface area contributed by atoms with E-state index in [4.69, 9.17) is 14.6 Å². The highest BCUT2D eigenvalue weighted by atomic mass is 16.3. The normalized spacial score (nSPS) is 11.5. The molecule has 3 rings (SSSR count). The van der Waals surface area contributed by atoms with Gasteiger partial charge in [0.25, 0.3) is 0 Å². The van der Waals surface area contributed by atoms with E-state index in [1.165, 1.54) is 0 Å². The molecule has 3 nitrogen and oxygen atoms in total. The lowest BCUT2D eigenvalue weighted by Gasteiger charge is -2.01. The summed E-state index contributed by atoms with van der Waals surface area (Å²) in [4.78, 5) is 0. The lowest BCUT2D eigenvalue weighted by Crippen LogP contribution is -1.88. The van der Waals surface area contributed by atoms with Crippen LogP contribution in [-0.2, 0) is 0 Å². The van der Waals surface area contributed by atoms with E-state index in [-0.39, 0.29) is 0 Å². The van der Waals surface area contributed by atoms with Crippen molar-refractivity contribution in [3.63, 3.8) is 0 Å². The van der Waals surface area contributed by atoms with Gasteiger partial charge in [0.05, 0.1) is 18.2 Å². The number of aryl methyl sites for hydroxylation is 1. The molecule has 0 unspecified atom stereocenters. The zero-order valence-electron chi connectivity index (χ0n) is 7.70. The first-order valence-corrected chi connectivity index (χ1v) is 4.41. The van der Waals surface area contributed by atoms with Crippen molar-refractivity contribution in [1.29, 1.82) is 0 Å². The van der Waals surface area contributed by atoms with Crippen LogP contribution in [0.25, 0.3) is 21.9 Å². The molecule has 1 aromatic carbocycles. The van der Waals surface area contributed by atoms with Crippen LogP contribution in [0, 0.1) is 6.92 Å². The van der Waals surface area contributed by atoms with Gasteiger partial charge in [-0.15, -0.1) is 0 Å². The molecule has 0 bridgehead atoms. The first kappa shape index (κ1) is 7.50. The maximum atomic E-state index is 5.96. The minimum Gasteiger partial charge on any atom is -0.464 e. The molecular weight excluding hydrogens is 178 g/mol. The number of benzene rings is 1. The molecule has 0 aliphatic carbocycles. The third-order valence-electron chi connectivity index (χ3n) is 2.61. The molecule has 0 aliphatic rings. The highest BCUT2D eigenvalue weighted by Crippen LogP contribution is 2.35. The minimum absolute atomic E-state index is 0.652. The lowest BCUT2D eigenvalue weighted by molar-refractivity contribution is 0.611. The van der Waals surface area contributed by atoms with Crippen molar-refractivity contribution in [3.8, 4) is 0 Å². The van der Waals surface area contributed by atoms with E-state index in [1.807, 2.05) is 19.1 Å². The maximum absolute atomic E-state index is 5.96. The molecular formula is C11H9NO2. The molecule has 70 valence electrons. The number of anilines is 1. The van der Waals surface area contributed by atoms with Gasteiger partial charge < -0.3 is 14.6 Å². The minimum atomic E-state index is 0.652. The van der Waals surface area contributed by atoms with E-state index < -0.39 is 0 Å². The van der Waals surface area contributed by atoms with Gasteiger partial charge in [0, 0.05) is 16.3 Å². The fourth-order valence-electron chi connectivity index (χ4n) is 1.87. The summed E-state index contributed by atoms with van der Waals surface area (Å²) < 4.78 is 10.7. The zero-order valence-corrected chi connectivity index (χ0v) is 7.70. The van der Waals surface area contributed by atoms with Crippen LogP contribution in [0.1, 0.15) is 5.56 Å². The summed E-state index contributed by atoms with van der Waals surface area (Å²) in [5, 5.41) is 1.94. The summed E-state index contributed by atoms with van der Waals surface area (Å²) in [6.07, 6.45) is 3.29. The first-order chi connectivity index (χ1) is 6.79. The van der Waals surface area contributed by atoms with Gasteiger partial charge in [-0.25, -0.2) is 0 Å². The Hall–Kier alpha value is -1.90. The second-order valence-corrected chi connectivity index (χ2v) is 3.37. The van der Waals surface area contributed by atoms with Crippen LogP contribution in [0.3, 0.4) is 0 Å². The zero-order chi connectivity index (χ0) is 9.71. The van der Waals surface area contributed by atoms with Crippen molar-refractivity contribution in [3.05, 3.63) is 30.2 Å². The Kier molecular flexibility index (Phi) is 1.24. The second kappa shape index (κ2) is 2.32. The van der Waals surface area contributed by atoms with Crippen molar-refractivity contribution >= 4 is 27.6 Å². The number of furan rings is 2. The predicted octanol–water partition coefficient (Wildman–Crippen LogP) is 3.07. The Bertz CT molecular complexity index is 516. The smallest absolute Gasteiger partial charge is 0.157 e. The van der Waals surface area contributed by atoms with Crippen molar-refractivity contribution in [2.45, 2.75) is 6.92 Å². The van der Waals surface area contributed by atoms with Gasteiger partial charge in [-0.3, -0.25) is 0 Å². The summed E-state index contributed by atoms with van der Waals surface area (Å²) in [5.41, 5.74) is 9.27. The average Bonchev–Trinajstić information content (AvgIpc) is 2.82. The molecule has 0 saturated carbocycles. The van der Waals surface area contributed by atoms with Crippen LogP contribution in [0.15, 0.2) is 33.5 Å². The van der Waals surface area contributed by atoms with Crippen LogP contribution < -0.4 is 5.73 Å². The summed E-state index contributed by atoms with van der Waals surface area (Å²) in [6.45, 7) is 2.00. The van der Waals surface area contributed by atoms with Crippen LogP contribution >= 0.6 is 0 Å². The fraction of sp³-hybridized carbons (Fsp3) is 0.0909. The third kappa shape index (κ3) is 0.719. The number of hydrogen-bond donors (Lipinski definition) is 1. The molecule has 2 aromatic heterocycles. The largest absolute Gasteiger partial charge is 0.464 e. The second-order valence-electron chi connectivity index (χ2n) is 3.37. The molecule has 0 atom stereocenters. The number of hydrogen-bond acceptors (Lipinski definition) is 3. The standard InChI is InChI=1S/C11H9NO2/c1-6-7-2-4-14-11(7)9(12)8-3-5-13-10(6)8/h2-5H,12H2,1H3. The van der Waals surface area contributed by atoms with Gasteiger partial charge in [0.1, 0.15) is 5.58 Å². The van der Waals surface area contributed by atoms with E-state index in [2.05, 4.69) is 0 Å². The topological polar surface area (TPSA) is 52.3 Å². The van der Waals surface area contributed by atoms with Gasteiger partial charge in [-0.1, -0.05) is 0 Å². The van der Waals surface area contributed by atoms with Crippen molar-refractivity contribution in [2.75, 3.05) is 5.73 Å². The van der Waals surface area contributed by atoms with Crippen molar-refractivity contribution in [1.82, 2.24) is 0 Å². The van der Waals surface area contributed by atoms with Crippen molar-refractivity contribution < 1.29 is 8.83 Å². The molecule has 3 aromatic rings. The van der Waals surface area contributed by atoms with Gasteiger partial charge >= 0.3 is 0 Å². The van der Waals surface area contributed by atoms with Gasteiger partial charge in [-0.2, -0.15) is 0 Å². The number of nitrogen functional groups attached to an aromatic ring is 1. The van der Waals surface area contributed by atoms with Crippen LogP contribution in [0.4, 0.5) is 5.69 Å². The monoisotopic (exact) mass is 187 g/mol. The summed E-state index contributed by atoms with van der Waals surface area (Å²) >= 11 is 0. The molecule has 0 aliphatic heterocycles. The van der Waals surface area contributed by atoms with Crippen LogP contribution in [0.5, 0.6) is 0 Å². The Morgan fingerprint density at radius 2 is 1.64 bits per heavy atom. The third-order valence-corrected chi connectivity index (χ3v) is 2.61. The molecule has 0 fully saturated rings. The summed E-state index contributed by atoms with van der Waals surface area (Å²) in [6, 6.07) is 3.77. The lowest BCUT2D eigenvalue weighted by atomic mass is 10.1. The Morgan fingerprint density at radius 3 is 2.43 bits per heavy atom. The Labute approximate surface area is 80.1 Å². The fourth-order valence-corrected chi connectivity index (χ4v) is 1.87. The van der Waals surface area contributed by atoms with E-state index in [0.717, 1.165) is 27.5 Å². The predicted molar refractivity (Wildman–Crippen MR) is 55.1 cm³/mol. The quantitative estimate of drug-likeness (QED) is 0.550. The van der Waals surface area contributed by atoms with E-state index in [0.29, 0.717) is 5.69 Å². The average molecular weight is 187 g/mol. The van der Waals surface area contributed by atoms with Gasteiger partial charge in [0.2, 0.25) is 0 Å². The van der Waals surface area contributed by atoms with Gasteiger partial charge in [0.15, 0.2) is 5.58 Å². The van der Waals surface area contributed by atoms with Crippen LogP contribution in [0.2, 0.25) is 0 Å². The highest BCUT2D eigenvalue weighted by molar-refractivity contribution is 6.08. The van der Waals surface area contributed by atoms with E-state index in [9.17, 15) is 0 Å². The Balaban J connectivity index is 2.72. The molecule has 2 heterocycles. The first-order valence-electron chi connectivity index (χ1n) is 4.41. The van der Waals surface area contributed by atoms with Crippen LogP contribution in [-0.4, -0.2) is 0 Å². The molecule has 0 spiro atoms. The molecule has 0 saturated heterocycles. The Morgan fingerprint density at radius 1 is 1.00 bits per heavy atom. The molecule has 2 N–H and O–H groups in total.